The van der Waals surface area contributed by atoms with E-state index < -0.39 is 0 Å². The molecule has 4 nitrogen and oxygen atoms in total. The number of nitrogens with one attached hydrogen (secondary N) is 1. The number of rotatable bonds is 4. The van der Waals surface area contributed by atoms with E-state index in [1.165, 1.54) is 0 Å². The number of aromatic nitrogens is 1. The molecule has 1 aromatic heterocycles. The fourth-order valence-electron chi connectivity index (χ4n) is 1.11. The number of pyridine rings is 1. The Labute approximate surface area is 84.5 Å². The number of nitrogens with zero attached hydrogens (tertiary/aromatic N) is 1. The molecule has 0 aromatic carbocycles. The lowest BCUT2D eigenvalue weighted by molar-refractivity contribution is 0.340. The Kier molecular flexibility index (Phi) is 3.56. The van der Waals surface area contributed by atoms with Crippen LogP contribution in [0.1, 0.15) is 20.8 Å². The molecule has 0 aliphatic carbocycles. The van der Waals surface area contributed by atoms with Crippen LogP contribution in [0.2, 0.25) is 0 Å². The van der Waals surface area contributed by atoms with Gasteiger partial charge in [0.1, 0.15) is 0 Å². The predicted molar refractivity (Wildman–Crippen MR) is 58.6 cm³/mol. The van der Waals surface area contributed by atoms with Crippen molar-refractivity contribution in [2.45, 2.75) is 26.8 Å². The Bertz CT molecular complexity index is 299. The van der Waals surface area contributed by atoms with Gasteiger partial charge in [-0.3, -0.25) is 0 Å². The lowest BCUT2D eigenvalue weighted by atomic mass is 10.3. The molecule has 0 saturated carbocycles. The topological polar surface area (TPSA) is 60.2 Å². The van der Waals surface area contributed by atoms with Crippen molar-refractivity contribution in [3.8, 4) is 5.75 Å². The molecule has 0 aliphatic rings. The van der Waals surface area contributed by atoms with Crippen LogP contribution in [0.15, 0.2) is 12.3 Å². The van der Waals surface area contributed by atoms with Gasteiger partial charge in [0.2, 0.25) is 0 Å². The molecule has 1 heterocycles. The zero-order chi connectivity index (χ0) is 10.6. The third kappa shape index (κ3) is 2.80. The van der Waals surface area contributed by atoms with E-state index in [1.807, 2.05) is 20.8 Å². The van der Waals surface area contributed by atoms with E-state index in [0.29, 0.717) is 24.1 Å². The average Bonchev–Trinajstić information content (AvgIpc) is 2.09. The molecule has 0 unspecified atom stereocenters. The van der Waals surface area contributed by atoms with Gasteiger partial charge in [0, 0.05) is 12.1 Å². The molecule has 78 valence electrons. The number of ether oxygens (including phenoxy) is 1. The molecule has 0 saturated heterocycles. The van der Waals surface area contributed by atoms with Gasteiger partial charge in [0.15, 0.2) is 11.6 Å². The molecule has 1 rings (SSSR count). The van der Waals surface area contributed by atoms with E-state index >= 15 is 0 Å². The maximum absolute atomic E-state index is 5.62. The van der Waals surface area contributed by atoms with Crippen LogP contribution >= 0.6 is 0 Å². The molecule has 0 bridgehead atoms. The second-order valence-corrected chi connectivity index (χ2v) is 3.35. The SMILES string of the molecule is CCOc1cc(N)cnc1NC(C)C. The van der Waals surface area contributed by atoms with E-state index in [4.69, 9.17) is 10.5 Å². The highest BCUT2D eigenvalue weighted by Gasteiger charge is 2.06. The summed E-state index contributed by atoms with van der Waals surface area (Å²) in [5.74, 6) is 1.46. The van der Waals surface area contributed by atoms with Crippen molar-refractivity contribution in [2.24, 2.45) is 0 Å². The van der Waals surface area contributed by atoms with Gasteiger partial charge in [-0.1, -0.05) is 0 Å². The summed E-state index contributed by atoms with van der Waals surface area (Å²) >= 11 is 0. The number of nitrogens with two attached hydrogens (primary N) is 1. The van der Waals surface area contributed by atoms with Crippen molar-refractivity contribution >= 4 is 11.5 Å². The largest absolute Gasteiger partial charge is 0.490 e. The Balaban J connectivity index is 2.89. The first-order valence-electron chi connectivity index (χ1n) is 4.78. The second-order valence-electron chi connectivity index (χ2n) is 3.35. The van der Waals surface area contributed by atoms with Crippen LogP contribution < -0.4 is 15.8 Å². The average molecular weight is 195 g/mol. The fourth-order valence-corrected chi connectivity index (χ4v) is 1.11. The van der Waals surface area contributed by atoms with Crippen molar-refractivity contribution in [2.75, 3.05) is 17.7 Å². The summed E-state index contributed by atoms with van der Waals surface area (Å²) in [6.45, 7) is 6.64. The molecule has 4 heteroatoms. The summed E-state index contributed by atoms with van der Waals surface area (Å²) in [7, 11) is 0. The summed E-state index contributed by atoms with van der Waals surface area (Å²) in [6.07, 6.45) is 1.62. The standard InChI is InChI=1S/C10H17N3O/c1-4-14-9-5-8(11)6-12-10(9)13-7(2)3/h5-7H,4,11H2,1-3H3,(H,12,13). The lowest BCUT2D eigenvalue weighted by Crippen LogP contribution is -2.12. The zero-order valence-electron chi connectivity index (χ0n) is 8.87. The van der Waals surface area contributed by atoms with Crippen LogP contribution in [-0.4, -0.2) is 17.6 Å². The molecule has 0 fully saturated rings. The van der Waals surface area contributed by atoms with Crippen LogP contribution in [-0.2, 0) is 0 Å². The molecule has 0 spiro atoms. The Hall–Kier alpha value is -1.45. The highest BCUT2D eigenvalue weighted by molar-refractivity contribution is 5.56. The molecular formula is C10H17N3O. The normalized spacial score (nSPS) is 10.3. The molecule has 0 radical (unpaired) electrons. The monoisotopic (exact) mass is 195 g/mol. The number of hydrogen-bond acceptors (Lipinski definition) is 4. The van der Waals surface area contributed by atoms with Crippen LogP contribution in [0.3, 0.4) is 0 Å². The van der Waals surface area contributed by atoms with Crippen molar-refractivity contribution in [3.63, 3.8) is 0 Å². The van der Waals surface area contributed by atoms with Gasteiger partial charge in [-0.2, -0.15) is 0 Å². The molecule has 0 atom stereocenters. The van der Waals surface area contributed by atoms with Crippen molar-refractivity contribution in [1.29, 1.82) is 0 Å². The first kappa shape index (κ1) is 10.6. The minimum absolute atomic E-state index is 0.324. The Morgan fingerprint density at radius 1 is 1.57 bits per heavy atom. The van der Waals surface area contributed by atoms with Gasteiger partial charge in [-0.15, -0.1) is 0 Å². The lowest BCUT2D eigenvalue weighted by Gasteiger charge is -2.13. The summed E-state index contributed by atoms with van der Waals surface area (Å²) in [4.78, 5) is 4.18. The predicted octanol–water partition coefficient (Wildman–Crippen LogP) is 1.88. The highest BCUT2D eigenvalue weighted by atomic mass is 16.5. The smallest absolute Gasteiger partial charge is 0.169 e. The third-order valence-corrected chi connectivity index (χ3v) is 1.60. The van der Waals surface area contributed by atoms with E-state index in [0.717, 1.165) is 5.82 Å². The maximum Gasteiger partial charge on any atom is 0.169 e. The number of nitrogen functional groups attached to an aromatic ring is 1. The van der Waals surface area contributed by atoms with E-state index in [2.05, 4.69) is 10.3 Å². The quantitative estimate of drug-likeness (QED) is 0.770. The minimum atomic E-state index is 0.324. The highest BCUT2D eigenvalue weighted by Crippen LogP contribution is 2.24. The van der Waals surface area contributed by atoms with E-state index in [1.54, 1.807) is 12.3 Å². The molecule has 1 aromatic rings. The van der Waals surface area contributed by atoms with Crippen molar-refractivity contribution in [3.05, 3.63) is 12.3 Å². The van der Waals surface area contributed by atoms with Gasteiger partial charge >= 0.3 is 0 Å². The second kappa shape index (κ2) is 4.69. The van der Waals surface area contributed by atoms with Crippen LogP contribution in [0.5, 0.6) is 5.75 Å². The Morgan fingerprint density at radius 2 is 2.29 bits per heavy atom. The third-order valence-electron chi connectivity index (χ3n) is 1.60. The van der Waals surface area contributed by atoms with E-state index in [9.17, 15) is 0 Å². The summed E-state index contributed by atoms with van der Waals surface area (Å²) < 4.78 is 5.41. The molecule has 0 aliphatic heterocycles. The van der Waals surface area contributed by atoms with Crippen molar-refractivity contribution in [1.82, 2.24) is 4.98 Å². The van der Waals surface area contributed by atoms with Gasteiger partial charge in [0.05, 0.1) is 18.5 Å². The first-order valence-corrected chi connectivity index (χ1v) is 4.78. The minimum Gasteiger partial charge on any atom is -0.490 e. The molecular weight excluding hydrogens is 178 g/mol. The molecule has 3 N–H and O–H groups in total. The van der Waals surface area contributed by atoms with Crippen LogP contribution in [0.25, 0.3) is 0 Å². The maximum atomic E-state index is 5.62. The van der Waals surface area contributed by atoms with Crippen LogP contribution in [0.4, 0.5) is 11.5 Å². The Morgan fingerprint density at radius 3 is 2.86 bits per heavy atom. The zero-order valence-corrected chi connectivity index (χ0v) is 8.87. The number of anilines is 2. The fraction of sp³-hybridized carbons (Fsp3) is 0.500. The molecule has 0 amide bonds. The summed E-state index contributed by atoms with van der Waals surface area (Å²) in [6, 6.07) is 2.10. The number of hydrogen-bond donors (Lipinski definition) is 2. The van der Waals surface area contributed by atoms with Crippen molar-refractivity contribution < 1.29 is 4.74 Å². The first-order chi connectivity index (χ1) is 6.63. The summed E-state index contributed by atoms with van der Waals surface area (Å²) in [5, 5.41) is 3.19. The van der Waals surface area contributed by atoms with Crippen LogP contribution in [0, 0.1) is 0 Å². The molecule has 14 heavy (non-hydrogen) atoms. The van der Waals surface area contributed by atoms with Gasteiger partial charge in [-0.05, 0) is 20.8 Å². The van der Waals surface area contributed by atoms with Gasteiger partial charge in [0.25, 0.3) is 0 Å². The van der Waals surface area contributed by atoms with Gasteiger partial charge < -0.3 is 15.8 Å². The van der Waals surface area contributed by atoms with Gasteiger partial charge in [-0.25, -0.2) is 4.98 Å². The summed E-state index contributed by atoms with van der Waals surface area (Å²) in [5.41, 5.74) is 6.23. The van der Waals surface area contributed by atoms with E-state index in [-0.39, 0.29) is 0 Å².